The highest BCUT2D eigenvalue weighted by Crippen LogP contribution is 2.24. The number of carbonyl (C=O) groups excluding carboxylic acids is 1. The number of benzene rings is 2. The number of amides is 1. The van der Waals surface area contributed by atoms with E-state index in [1.54, 1.807) is 19.1 Å². The lowest BCUT2D eigenvalue weighted by Crippen LogP contribution is -2.35. The minimum absolute atomic E-state index is 0.222. The summed E-state index contributed by atoms with van der Waals surface area (Å²) in [6, 6.07) is 13.1. The molecule has 2 saturated heterocycles. The summed E-state index contributed by atoms with van der Waals surface area (Å²) < 4.78 is 32.9. The third-order valence-electron chi connectivity index (χ3n) is 6.09. The maximum Gasteiger partial charge on any atom is 0.251 e. The maximum absolute atomic E-state index is 13.0. The van der Waals surface area contributed by atoms with E-state index in [0.29, 0.717) is 30.8 Å². The number of carbonyl (C=O) groups is 1. The molecule has 1 amide bonds. The summed E-state index contributed by atoms with van der Waals surface area (Å²) >= 11 is 0. The molecule has 8 heteroatoms. The molecule has 0 aliphatic carbocycles. The molecule has 0 atom stereocenters. The Morgan fingerprint density at radius 1 is 1.00 bits per heavy atom. The zero-order valence-corrected chi connectivity index (χ0v) is 19.4. The van der Waals surface area contributed by atoms with Gasteiger partial charge in [-0.2, -0.15) is 4.31 Å². The van der Waals surface area contributed by atoms with Crippen molar-refractivity contribution >= 4 is 15.9 Å². The Balaban J connectivity index is 1.42. The lowest BCUT2D eigenvalue weighted by Gasteiger charge is -2.26. The van der Waals surface area contributed by atoms with E-state index in [4.69, 9.17) is 4.74 Å². The first-order valence-electron chi connectivity index (χ1n) is 11.2. The van der Waals surface area contributed by atoms with Crippen molar-refractivity contribution in [1.82, 2.24) is 14.5 Å². The average Bonchev–Trinajstić information content (AvgIpc) is 3.35. The molecule has 2 aliphatic rings. The third-order valence-corrected chi connectivity index (χ3v) is 8.13. The molecule has 1 N–H and O–H groups in total. The van der Waals surface area contributed by atoms with Gasteiger partial charge >= 0.3 is 0 Å². The Labute approximate surface area is 190 Å². The maximum atomic E-state index is 13.0. The van der Waals surface area contributed by atoms with Crippen LogP contribution in [0.4, 0.5) is 0 Å². The van der Waals surface area contributed by atoms with Crippen LogP contribution in [0.5, 0.6) is 0 Å². The van der Waals surface area contributed by atoms with Gasteiger partial charge in [0.25, 0.3) is 5.91 Å². The van der Waals surface area contributed by atoms with E-state index < -0.39 is 10.0 Å². The number of ether oxygens (including phenoxy) is 1. The summed E-state index contributed by atoms with van der Waals surface area (Å²) in [6.45, 7) is 7.49. The third kappa shape index (κ3) is 5.38. The monoisotopic (exact) mass is 457 g/mol. The van der Waals surface area contributed by atoms with E-state index in [1.165, 1.54) is 15.9 Å². The van der Waals surface area contributed by atoms with Crippen LogP contribution >= 0.6 is 0 Å². The summed E-state index contributed by atoms with van der Waals surface area (Å²) in [5.41, 5.74) is 3.23. The minimum Gasteiger partial charge on any atom is -0.379 e. The van der Waals surface area contributed by atoms with Crippen molar-refractivity contribution in [3.05, 3.63) is 64.7 Å². The molecule has 2 fully saturated rings. The summed E-state index contributed by atoms with van der Waals surface area (Å²) in [7, 11) is -3.57. The lowest BCUT2D eigenvalue weighted by atomic mass is 10.1. The van der Waals surface area contributed by atoms with Crippen LogP contribution in [-0.4, -0.2) is 62.9 Å². The Bertz CT molecular complexity index is 1060. The number of hydrogen-bond donors (Lipinski definition) is 1. The largest absolute Gasteiger partial charge is 0.379 e. The van der Waals surface area contributed by atoms with Gasteiger partial charge in [0, 0.05) is 44.8 Å². The van der Waals surface area contributed by atoms with Crippen LogP contribution in [0.1, 0.15) is 39.9 Å². The molecule has 7 nitrogen and oxygen atoms in total. The predicted octanol–water partition coefficient (Wildman–Crippen LogP) is 2.54. The van der Waals surface area contributed by atoms with E-state index in [9.17, 15) is 13.2 Å². The number of nitrogens with zero attached hydrogens (tertiary/aromatic N) is 2. The molecule has 0 aromatic heterocycles. The van der Waals surface area contributed by atoms with Crippen LogP contribution in [0.15, 0.2) is 47.4 Å². The molecule has 0 saturated carbocycles. The summed E-state index contributed by atoms with van der Waals surface area (Å²) in [6.07, 6.45) is 1.76. The van der Waals surface area contributed by atoms with Crippen molar-refractivity contribution in [2.45, 2.75) is 37.8 Å². The van der Waals surface area contributed by atoms with Gasteiger partial charge in [-0.15, -0.1) is 0 Å². The molecule has 2 heterocycles. The van der Waals surface area contributed by atoms with Crippen LogP contribution in [0, 0.1) is 6.92 Å². The smallest absolute Gasteiger partial charge is 0.251 e. The quantitative estimate of drug-likeness (QED) is 0.691. The zero-order chi connectivity index (χ0) is 22.6. The normalized spacial score (nSPS) is 18.0. The number of aryl methyl sites for hydroxylation is 1. The van der Waals surface area contributed by atoms with Crippen molar-refractivity contribution in [2.75, 3.05) is 39.4 Å². The summed E-state index contributed by atoms with van der Waals surface area (Å²) in [5.74, 6) is -0.276. The molecule has 172 valence electrons. The van der Waals surface area contributed by atoms with Gasteiger partial charge in [-0.05, 0) is 48.6 Å². The Kier molecular flexibility index (Phi) is 7.25. The highest BCUT2D eigenvalue weighted by Gasteiger charge is 2.29. The molecule has 0 bridgehead atoms. The predicted molar refractivity (Wildman–Crippen MR) is 123 cm³/mol. The van der Waals surface area contributed by atoms with Crippen molar-refractivity contribution < 1.29 is 17.9 Å². The van der Waals surface area contributed by atoms with Gasteiger partial charge in [0.2, 0.25) is 10.0 Å². The number of morpholine rings is 1. The highest BCUT2D eigenvalue weighted by atomic mass is 32.2. The number of rotatable bonds is 7. The van der Waals surface area contributed by atoms with Gasteiger partial charge in [0.05, 0.1) is 18.1 Å². The highest BCUT2D eigenvalue weighted by molar-refractivity contribution is 7.89. The van der Waals surface area contributed by atoms with Gasteiger partial charge < -0.3 is 10.1 Å². The molecule has 0 unspecified atom stereocenters. The molecule has 0 radical (unpaired) electrons. The van der Waals surface area contributed by atoms with E-state index in [0.717, 1.165) is 51.3 Å². The fourth-order valence-corrected chi connectivity index (χ4v) is 5.99. The van der Waals surface area contributed by atoms with Crippen molar-refractivity contribution in [1.29, 1.82) is 0 Å². The molecule has 2 aromatic carbocycles. The van der Waals surface area contributed by atoms with Gasteiger partial charge in [-0.3, -0.25) is 9.69 Å². The molecular formula is C24H31N3O4S. The zero-order valence-electron chi connectivity index (χ0n) is 18.5. The SMILES string of the molecule is Cc1ccc(C(=O)NCc2cccc(CN3CCOCC3)c2)cc1S(=O)(=O)N1CCCC1. The molecule has 4 rings (SSSR count). The molecule has 2 aromatic rings. The average molecular weight is 458 g/mol. The van der Waals surface area contributed by atoms with Gasteiger partial charge in [0.1, 0.15) is 0 Å². The van der Waals surface area contributed by atoms with Gasteiger partial charge in [-0.25, -0.2) is 8.42 Å². The van der Waals surface area contributed by atoms with Crippen molar-refractivity contribution in [3.63, 3.8) is 0 Å². The molecule has 32 heavy (non-hydrogen) atoms. The van der Waals surface area contributed by atoms with Crippen LogP contribution < -0.4 is 5.32 Å². The van der Waals surface area contributed by atoms with Crippen LogP contribution in [0.25, 0.3) is 0 Å². The molecular weight excluding hydrogens is 426 g/mol. The number of sulfonamides is 1. The number of nitrogens with one attached hydrogen (secondary N) is 1. The summed E-state index contributed by atoms with van der Waals surface area (Å²) in [4.78, 5) is 15.4. The number of hydrogen-bond acceptors (Lipinski definition) is 5. The minimum atomic E-state index is -3.57. The standard InChI is InChI=1S/C24H31N3O4S/c1-19-7-8-22(16-23(19)32(29,30)27-9-2-3-10-27)24(28)25-17-20-5-4-6-21(15-20)18-26-11-13-31-14-12-26/h4-8,15-16H,2-3,9-14,17-18H2,1H3,(H,25,28). The van der Waals surface area contributed by atoms with E-state index in [2.05, 4.69) is 22.3 Å². The van der Waals surface area contributed by atoms with E-state index >= 15 is 0 Å². The van der Waals surface area contributed by atoms with Gasteiger partial charge in [-0.1, -0.05) is 30.3 Å². The first-order chi connectivity index (χ1) is 15.4. The van der Waals surface area contributed by atoms with E-state index in [-0.39, 0.29) is 10.8 Å². The Hall–Kier alpha value is -2.26. The van der Waals surface area contributed by atoms with Crippen LogP contribution in [0.2, 0.25) is 0 Å². The lowest BCUT2D eigenvalue weighted by molar-refractivity contribution is 0.0342. The van der Waals surface area contributed by atoms with E-state index in [1.807, 2.05) is 12.1 Å². The fourth-order valence-electron chi connectivity index (χ4n) is 4.23. The van der Waals surface area contributed by atoms with Gasteiger partial charge in [0.15, 0.2) is 0 Å². The first-order valence-corrected chi connectivity index (χ1v) is 12.6. The Morgan fingerprint density at radius 2 is 1.72 bits per heavy atom. The van der Waals surface area contributed by atoms with Crippen LogP contribution in [0.3, 0.4) is 0 Å². The van der Waals surface area contributed by atoms with Crippen molar-refractivity contribution in [3.8, 4) is 0 Å². The van der Waals surface area contributed by atoms with Crippen LogP contribution in [-0.2, 0) is 27.8 Å². The molecule has 2 aliphatic heterocycles. The van der Waals surface area contributed by atoms with Crippen molar-refractivity contribution in [2.24, 2.45) is 0 Å². The second kappa shape index (κ2) is 10.1. The molecule has 0 spiro atoms. The Morgan fingerprint density at radius 3 is 2.47 bits per heavy atom. The second-order valence-electron chi connectivity index (χ2n) is 8.48. The topological polar surface area (TPSA) is 79.0 Å². The fraction of sp³-hybridized carbons (Fsp3) is 0.458. The first kappa shape index (κ1) is 22.9. The summed E-state index contributed by atoms with van der Waals surface area (Å²) in [5, 5.41) is 2.93. The second-order valence-corrected chi connectivity index (χ2v) is 10.4.